The number of benzene rings is 2. The highest BCUT2D eigenvalue weighted by atomic mass is 32.2. The van der Waals surface area contributed by atoms with Gasteiger partial charge in [0.1, 0.15) is 0 Å². The molecule has 8 nitrogen and oxygen atoms in total. The van der Waals surface area contributed by atoms with Crippen molar-refractivity contribution in [2.45, 2.75) is 56.1 Å². The first-order valence-corrected chi connectivity index (χ1v) is 13.1. The molecule has 0 spiro atoms. The van der Waals surface area contributed by atoms with Gasteiger partial charge in [-0.05, 0) is 69.7 Å². The van der Waals surface area contributed by atoms with Crippen LogP contribution < -0.4 is 5.32 Å². The summed E-state index contributed by atoms with van der Waals surface area (Å²) in [5.41, 5.74) is 1.07. The second-order valence-electron chi connectivity index (χ2n) is 8.08. The van der Waals surface area contributed by atoms with Crippen molar-refractivity contribution in [1.82, 2.24) is 13.9 Å². The molecule has 0 aromatic heterocycles. The van der Waals surface area contributed by atoms with Gasteiger partial charge < -0.3 is 5.32 Å². The Morgan fingerprint density at radius 3 is 1.50 bits per heavy atom. The topological polar surface area (TPSA) is 104 Å². The van der Waals surface area contributed by atoms with Gasteiger partial charge in [-0.3, -0.25) is 4.79 Å². The molecular weight excluding hydrogens is 450 g/mol. The Bertz CT molecular complexity index is 1140. The first kappa shape index (κ1) is 26.0. The van der Waals surface area contributed by atoms with Crippen molar-refractivity contribution in [3.05, 3.63) is 59.7 Å². The van der Waals surface area contributed by atoms with Gasteiger partial charge in [0.2, 0.25) is 20.0 Å². The summed E-state index contributed by atoms with van der Waals surface area (Å²) in [4.78, 5) is 12.7. The van der Waals surface area contributed by atoms with Gasteiger partial charge >= 0.3 is 0 Å². The predicted octanol–water partition coefficient (Wildman–Crippen LogP) is 2.67. The molecule has 32 heavy (non-hydrogen) atoms. The van der Waals surface area contributed by atoms with Crippen molar-refractivity contribution in [2.24, 2.45) is 0 Å². The van der Waals surface area contributed by atoms with E-state index in [9.17, 15) is 21.6 Å². The summed E-state index contributed by atoms with van der Waals surface area (Å²) in [6.07, 6.45) is 0. The van der Waals surface area contributed by atoms with Crippen LogP contribution in [0, 0.1) is 0 Å². The number of rotatable bonds is 9. The number of carbonyl (C=O) groups excluding carboxylic acids is 1. The van der Waals surface area contributed by atoms with E-state index in [1.165, 1.54) is 59.1 Å². The number of nitrogens with zero attached hydrogens (tertiary/aromatic N) is 2. The summed E-state index contributed by atoms with van der Waals surface area (Å²) in [7, 11) is -4.13. The highest BCUT2D eigenvalue weighted by Crippen LogP contribution is 2.18. The van der Waals surface area contributed by atoms with Crippen LogP contribution in [0.25, 0.3) is 0 Å². The Morgan fingerprint density at radius 2 is 1.12 bits per heavy atom. The molecule has 0 aliphatic heterocycles. The van der Waals surface area contributed by atoms with Crippen LogP contribution in [0.4, 0.5) is 0 Å². The minimum atomic E-state index is -3.61. The third-order valence-corrected chi connectivity index (χ3v) is 9.40. The van der Waals surface area contributed by atoms with E-state index in [0.29, 0.717) is 5.56 Å². The highest BCUT2D eigenvalue weighted by molar-refractivity contribution is 7.89. The normalized spacial score (nSPS) is 12.7. The fourth-order valence-electron chi connectivity index (χ4n) is 2.73. The van der Waals surface area contributed by atoms with Crippen molar-refractivity contribution in [2.75, 3.05) is 14.1 Å². The molecule has 0 bridgehead atoms. The molecule has 0 aliphatic rings. The Labute approximate surface area is 191 Å². The van der Waals surface area contributed by atoms with E-state index in [1.54, 1.807) is 39.8 Å². The van der Waals surface area contributed by atoms with Gasteiger partial charge in [0.25, 0.3) is 5.91 Å². The number of sulfonamides is 2. The second kappa shape index (κ2) is 10.1. The maximum atomic E-state index is 12.5. The molecule has 0 saturated heterocycles. The van der Waals surface area contributed by atoms with Gasteiger partial charge in [0.15, 0.2) is 0 Å². The van der Waals surface area contributed by atoms with Crippen LogP contribution in [0.1, 0.15) is 43.6 Å². The molecule has 2 aromatic rings. The number of amides is 1. The molecule has 0 radical (unpaired) electrons. The van der Waals surface area contributed by atoms with Gasteiger partial charge in [-0.25, -0.2) is 16.8 Å². The largest absolute Gasteiger partial charge is 0.348 e. The molecule has 0 heterocycles. The summed E-state index contributed by atoms with van der Waals surface area (Å²) in [6.45, 7) is 7.36. The molecule has 2 rings (SSSR count). The van der Waals surface area contributed by atoms with Crippen LogP contribution >= 0.6 is 0 Å². The average Bonchev–Trinajstić information content (AvgIpc) is 2.76. The van der Waals surface area contributed by atoms with E-state index in [1.807, 2.05) is 0 Å². The number of carbonyl (C=O) groups is 1. The Kier molecular flexibility index (Phi) is 8.22. The first-order valence-electron chi connectivity index (χ1n) is 10.2. The standard InChI is InChI=1S/C22H31N3O5S2/c1-16(2)24(5)31(27,28)20-11-7-18(8-12-20)15-23-22(26)19-9-13-21(14-10-19)32(29,30)25(6)17(3)4/h7-14,16-17H,15H2,1-6H3,(H,23,26). The second-order valence-corrected chi connectivity index (χ2v) is 12.1. The molecule has 1 amide bonds. The zero-order chi connectivity index (χ0) is 24.3. The fourth-order valence-corrected chi connectivity index (χ4v) is 5.46. The van der Waals surface area contributed by atoms with Crippen molar-refractivity contribution in [3.63, 3.8) is 0 Å². The van der Waals surface area contributed by atoms with E-state index in [2.05, 4.69) is 5.32 Å². The summed E-state index contributed by atoms with van der Waals surface area (Å²) >= 11 is 0. The summed E-state index contributed by atoms with van der Waals surface area (Å²) in [5.74, 6) is -0.359. The molecule has 176 valence electrons. The maximum absolute atomic E-state index is 12.5. The van der Waals surface area contributed by atoms with Gasteiger partial charge in [0.05, 0.1) is 9.79 Å². The van der Waals surface area contributed by atoms with Crippen LogP contribution in [0.5, 0.6) is 0 Å². The Balaban J connectivity index is 2.05. The van der Waals surface area contributed by atoms with Crippen LogP contribution in [0.3, 0.4) is 0 Å². The van der Waals surface area contributed by atoms with E-state index in [4.69, 9.17) is 0 Å². The SMILES string of the molecule is CC(C)N(C)S(=O)(=O)c1ccc(CNC(=O)c2ccc(S(=O)(=O)N(C)C(C)C)cc2)cc1. The van der Waals surface area contributed by atoms with E-state index in [-0.39, 0.29) is 34.3 Å². The zero-order valence-electron chi connectivity index (χ0n) is 19.2. The molecule has 0 saturated carbocycles. The quantitative estimate of drug-likeness (QED) is 0.593. The van der Waals surface area contributed by atoms with Gasteiger partial charge in [0, 0.05) is 38.3 Å². The number of nitrogens with one attached hydrogen (secondary N) is 1. The van der Waals surface area contributed by atoms with Crippen molar-refractivity contribution < 1.29 is 21.6 Å². The zero-order valence-corrected chi connectivity index (χ0v) is 20.9. The maximum Gasteiger partial charge on any atom is 0.251 e. The van der Waals surface area contributed by atoms with Crippen molar-refractivity contribution in [3.8, 4) is 0 Å². The number of hydrogen-bond acceptors (Lipinski definition) is 5. The van der Waals surface area contributed by atoms with Crippen LogP contribution in [0.15, 0.2) is 58.3 Å². The van der Waals surface area contributed by atoms with E-state index < -0.39 is 20.0 Å². The molecule has 0 aliphatic carbocycles. The smallest absolute Gasteiger partial charge is 0.251 e. The molecule has 10 heteroatoms. The summed E-state index contributed by atoms with van der Waals surface area (Å²) < 4.78 is 52.7. The lowest BCUT2D eigenvalue weighted by molar-refractivity contribution is 0.0950. The predicted molar refractivity (Wildman–Crippen MR) is 124 cm³/mol. The van der Waals surface area contributed by atoms with Crippen molar-refractivity contribution >= 4 is 26.0 Å². The lowest BCUT2D eigenvalue weighted by Gasteiger charge is -2.21. The van der Waals surface area contributed by atoms with Gasteiger partial charge in [-0.15, -0.1) is 0 Å². The highest BCUT2D eigenvalue weighted by Gasteiger charge is 2.24. The fraction of sp³-hybridized carbons (Fsp3) is 0.409. The third kappa shape index (κ3) is 5.74. The summed E-state index contributed by atoms with van der Waals surface area (Å²) in [5, 5.41) is 2.75. The molecule has 0 atom stereocenters. The molecular formula is C22H31N3O5S2. The monoisotopic (exact) mass is 481 g/mol. The Hall–Kier alpha value is -2.27. The van der Waals surface area contributed by atoms with Crippen LogP contribution in [-0.2, 0) is 26.6 Å². The van der Waals surface area contributed by atoms with E-state index >= 15 is 0 Å². The Morgan fingerprint density at radius 1 is 0.750 bits per heavy atom. The minimum Gasteiger partial charge on any atom is -0.348 e. The molecule has 0 unspecified atom stereocenters. The van der Waals surface area contributed by atoms with Gasteiger partial charge in [-0.2, -0.15) is 8.61 Å². The number of hydrogen-bond donors (Lipinski definition) is 1. The lowest BCUT2D eigenvalue weighted by atomic mass is 10.2. The first-order chi connectivity index (χ1) is 14.8. The van der Waals surface area contributed by atoms with Crippen LogP contribution in [0.2, 0.25) is 0 Å². The third-order valence-electron chi connectivity index (χ3n) is 5.30. The molecule has 2 aromatic carbocycles. The minimum absolute atomic E-state index is 0.119. The summed E-state index contributed by atoms with van der Waals surface area (Å²) in [6, 6.07) is 11.7. The van der Waals surface area contributed by atoms with Crippen LogP contribution in [-0.4, -0.2) is 57.5 Å². The van der Waals surface area contributed by atoms with Crippen molar-refractivity contribution in [1.29, 1.82) is 0 Å². The van der Waals surface area contributed by atoms with E-state index in [0.717, 1.165) is 5.56 Å². The molecule has 0 fully saturated rings. The van der Waals surface area contributed by atoms with Gasteiger partial charge in [-0.1, -0.05) is 12.1 Å². The lowest BCUT2D eigenvalue weighted by Crippen LogP contribution is -2.33. The molecule has 1 N–H and O–H groups in total. The average molecular weight is 482 g/mol.